The van der Waals surface area contributed by atoms with Crippen molar-refractivity contribution in [1.82, 2.24) is 4.98 Å². The van der Waals surface area contributed by atoms with Gasteiger partial charge in [-0.2, -0.15) is 0 Å². The van der Waals surface area contributed by atoms with Crippen LogP contribution in [0.15, 0.2) is 40.4 Å². The molecule has 1 atom stereocenters. The number of piperidine rings is 1. The van der Waals surface area contributed by atoms with Gasteiger partial charge in [-0.15, -0.1) is 0 Å². The number of fused-ring (bicyclic) bond motifs is 1. The summed E-state index contributed by atoms with van der Waals surface area (Å²) in [7, 11) is 0. The molecule has 0 aliphatic carbocycles. The smallest absolute Gasteiger partial charge is 0.312 e. The zero-order chi connectivity index (χ0) is 16.4. The molecule has 23 heavy (non-hydrogen) atoms. The number of allylic oxidation sites excluding steroid dienone is 2. The van der Waals surface area contributed by atoms with E-state index in [9.17, 15) is 4.79 Å². The first-order chi connectivity index (χ1) is 11.1. The molecule has 1 unspecified atom stereocenters. The Kier molecular flexibility index (Phi) is 4.48. The highest BCUT2D eigenvalue weighted by atomic mass is 35.5. The van der Waals surface area contributed by atoms with Crippen LogP contribution in [0.4, 0.5) is 11.6 Å². The molecule has 1 N–H and O–H groups in total. The Labute approximate surface area is 140 Å². The molecular weight excluding hydrogens is 314 g/mol. The number of aliphatic carboxylic acids is 1. The number of hydrogen-bond donors (Lipinski definition) is 1. The van der Waals surface area contributed by atoms with Crippen LogP contribution in [0.3, 0.4) is 0 Å². The van der Waals surface area contributed by atoms with Gasteiger partial charge in [0.1, 0.15) is 5.82 Å². The first-order valence-electron chi connectivity index (χ1n) is 7.60. The average Bonchev–Trinajstić information content (AvgIpc) is 2.60. The lowest BCUT2D eigenvalue weighted by molar-refractivity contribution is -0.139. The van der Waals surface area contributed by atoms with Gasteiger partial charge >= 0.3 is 5.97 Å². The molecule has 0 spiro atoms. The number of aliphatic imine (C=N–C) groups is 1. The Morgan fingerprint density at radius 1 is 1.39 bits per heavy atom. The summed E-state index contributed by atoms with van der Waals surface area (Å²) < 4.78 is 0. The number of aromatic nitrogens is 1. The van der Waals surface area contributed by atoms with Gasteiger partial charge in [-0.05, 0) is 36.5 Å². The van der Waals surface area contributed by atoms with E-state index in [4.69, 9.17) is 16.7 Å². The fourth-order valence-electron chi connectivity index (χ4n) is 2.90. The Morgan fingerprint density at radius 2 is 2.13 bits per heavy atom. The van der Waals surface area contributed by atoms with Gasteiger partial charge in [-0.1, -0.05) is 30.3 Å². The van der Waals surface area contributed by atoms with E-state index in [0.29, 0.717) is 12.2 Å². The van der Waals surface area contributed by atoms with E-state index < -0.39 is 11.9 Å². The van der Waals surface area contributed by atoms with E-state index in [0.717, 1.165) is 42.3 Å². The van der Waals surface area contributed by atoms with Crippen molar-refractivity contribution < 1.29 is 9.90 Å². The van der Waals surface area contributed by atoms with Gasteiger partial charge in [-0.3, -0.25) is 4.79 Å². The molecule has 1 saturated heterocycles. The minimum atomic E-state index is -0.849. The number of anilines is 1. The molecule has 2 aliphatic rings. The van der Waals surface area contributed by atoms with Crippen molar-refractivity contribution in [1.29, 1.82) is 0 Å². The van der Waals surface area contributed by atoms with E-state index >= 15 is 0 Å². The Morgan fingerprint density at radius 3 is 2.78 bits per heavy atom. The number of pyridine rings is 1. The van der Waals surface area contributed by atoms with Crippen LogP contribution in [-0.2, 0) is 11.2 Å². The number of hydrogen-bond acceptors (Lipinski definition) is 4. The third-order valence-electron chi connectivity index (χ3n) is 4.28. The third-order valence-corrected chi connectivity index (χ3v) is 4.70. The topological polar surface area (TPSA) is 65.8 Å². The van der Waals surface area contributed by atoms with Gasteiger partial charge < -0.3 is 10.0 Å². The molecule has 1 fully saturated rings. The fraction of sp³-hybridized carbons (Fsp3) is 0.353. The summed E-state index contributed by atoms with van der Waals surface area (Å²) >= 11 is 6.13. The predicted octanol–water partition coefficient (Wildman–Crippen LogP) is 3.32. The summed E-state index contributed by atoms with van der Waals surface area (Å²) in [6.45, 7) is 5.41. The molecule has 6 heteroatoms. The number of carboxylic acids is 1. The van der Waals surface area contributed by atoms with Crippen LogP contribution in [0.1, 0.15) is 18.4 Å². The van der Waals surface area contributed by atoms with Gasteiger partial charge in [0.2, 0.25) is 0 Å². The Bertz CT molecular complexity index is 702. The van der Waals surface area contributed by atoms with Crippen molar-refractivity contribution in [2.45, 2.75) is 19.3 Å². The molecule has 1 aromatic heterocycles. The largest absolute Gasteiger partial charge is 0.481 e. The minimum absolute atomic E-state index is 0.448. The maximum Gasteiger partial charge on any atom is 0.312 e. The highest BCUT2D eigenvalue weighted by Crippen LogP contribution is 2.30. The predicted molar refractivity (Wildman–Crippen MR) is 91.7 cm³/mol. The van der Waals surface area contributed by atoms with Crippen molar-refractivity contribution in [2.24, 2.45) is 10.9 Å². The molecule has 5 nitrogen and oxygen atoms in total. The molecule has 120 valence electrons. The monoisotopic (exact) mass is 331 g/mol. The molecule has 3 heterocycles. The highest BCUT2D eigenvalue weighted by molar-refractivity contribution is 6.31. The van der Waals surface area contributed by atoms with Crippen LogP contribution >= 0.6 is 11.6 Å². The number of nitrogens with zero attached hydrogens (tertiary/aromatic N) is 3. The van der Waals surface area contributed by atoms with E-state index in [-0.39, 0.29) is 0 Å². The standard InChI is InChI=1S/C17H18ClN3O2/c1-2-14(18)11-5-7-21(8-6-11)15-4-3-12-9-13(17(22)23)10-19-16(12)20-15/h2-4,10,13H,1,5-9H2,(H,22,23). The van der Waals surface area contributed by atoms with Crippen LogP contribution in [-0.4, -0.2) is 35.4 Å². The summed E-state index contributed by atoms with van der Waals surface area (Å²) in [5.41, 5.74) is 2.12. The maximum absolute atomic E-state index is 11.0. The second-order valence-corrected chi connectivity index (χ2v) is 6.13. The lowest BCUT2D eigenvalue weighted by atomic mass is 9.98. The van der Waals surface area contributed by atoms with Gasteiger partial charge in [-0.25, -0.2) is 9.98 Å². The van der Waals surface area contributed by atoms with E-state index in [1.54, 1.807) is 6.08 Å². The zero-order valence-electron chi connectivity index (χ0n) is 12.7. The molecule has 0 bridgehead atoms. The molecule has 0 radical (unpaired) electrons. The lowest BCUT2D eigenvalue weighted by Crippen LogP contribution is -2.31. The van der Waals surface area contributed by atoms with E-state index in [1.165, 1.54) is 11.8 Å². The zero-order valence-corrected chi connectivity index (χ0v) is 13.5. The molecule has 3 rings (SSSR count). The number of carboxylic acid groups (broad SMARTS) is 1. The number of carbonyl (C=O) groups is 1. The SMILES string of the molecule is C=CC(Cl)=C1CCN(c2ccc3c(n2)N=CC(C(=O)O)C3)CC1. The first kappa shape index (κ1) is 15.7. The van der Waals surface area contributed by atoms with Crippen LogP contribution in [0, 0.1) is 5.92 Å². The van der Waals surface area contributed by atoms with Crippen molar-refractivity contribution in [3.63, 3.8) is 0 Å². The van der Waals surface area contributed by atoms with Gasteiger partial charge in [0, 0.05) is 24.3 Å². The van der Waals surface area contributed by atoms with E-state index in [1.807, 2.05) is 12.1 Å². The summed E-state index contributed by atoms with van der Waals surface area (Å²) in [6, 6.07) is 3.88. The van der Waals surface area contributed by atoms with Crippen molar-refractivity contribution in [3.05, 3.63) is 41.0 Å². The Balaban J connectivity index is 1.75. The minimum Gasteiger partial charge on any atom is -0.481 e. The molecular formula is C17H18ClN3O2. The highest BCUT2D eigenvalue weighted by Gasteiger charge is 2.23. The second-order valence-electron chi connectivity index (χ2n) is 5.72. The molecule has 0 amide bonds. The maximum atomic E-state index is 11.0. The third kappa shape index (κ3) is 3.29. The van der Waals surface area contributed by atoms with Gasteiger partial charge in [0.15, 0.2) is 5.82 Å². The lowest BCUT2D eigenvalue weighted by Gasteiger charge is -2.30. The number of halogens is 1. The second kappa shape index (κ2) is 6.54. The van der Waals surface area contributed by atoms with Crippen molar-refractivity contribution in [2.75, 3.05) is 18.0 Å². The first-order valence-corrected chi connectivity index (χ1v) is 7.98. The van der Waals surface area contributed by atoms with Crippen LogP contribution in [0.2, 0.25) is 0 Å². The summed E-state index contributed by atoms with van der Waals surface area (Å²) in [4.78, 5) is 22.1. The fourth-order valence-corrected chi connectivity index (χ4v) is 3.09. The van der Waals surface area contributed by atoms with Crippen LogP contribution < -0.4 is 4.90 Å². The molecule has 1 aromatic rings. The quantitative estimate of drug-likeness (QED) is 0.922. The Hall–Kier alpha value is -2.14. The molecule has 0 saturated carbocycles. The molecule has 0 aromatic carbocycles. The van der Waals surface area contributed by atoms with Crippen molar-refractivity contribution >= 4 is 35.4 Å². The van der Waals surface area contributed by atoms with Gasteiger partial charge in [0.25, 0.3) is 0 Å². The number of rotatable bonds is 3. The van der Waals surface area contributed by atoms with Crippen LogP contribution in [0.5, 0.6) is 0 Å². The average molecular weight is 332 g/mol. The summed E-state index contributed by atoms with van der Waals surface area (Å²) in [6.07, 6.45) is 5.41. The normalized spacial score (nSPS) is 20.1. The van der Waals surface area contributed by atoms with Gasteiger partial charge in [0.05, 0.1) is 5.92 Å². The van der Waals surface area contributed by atoms with Crippen molar-refractivity contribution in [3.8, 4) is 0 Å². The van der Waals surface area contributed by atoms with Crippen LogP contribution in [0.25, 0.3) is 0 Å². The summed E-state index contributed by atoms with van der Waals surface area (Å²) in [5.74, 6) is 0.103. The van der Waals surface area contributed by atoms with E-state index in [2.05, 4.69) is 21.5 Å². The molecule has 2 aliphatic heterocycles. The summed E-state index contributed by atoms with van der Waals surface area (Å²) in [5, 5.41) is 9.83.